The summed E-state index contributed by atoms with van der Waals surface area (Å²) in [5.41, 5.74) is 0. The Kier molecular flexibility index (Phi) is 17.2. The quantitative estimate of drug-likeness (QED) is 0.0999. The third-order valence-electron chi connectivity index (χ3n) is 6.13. The Morgan fingerprint density at radius 2 is 0.915 bits per heavy atom. The summed E-state index contributed by atoms with van der Waals surface area (Å²) < 4.78 is 360. The zero-order chi connectivity index (χ0) is 47.4. The molecule has 4 atom stereocenters. The van der Waals surface area contributed by atoms with Crippen LogP contribution in [0.1, 0.15) is 0 Å². The maximum absolute atomic E-state index is 14.7. The lowest BCUT2D eigenvalue weighted by atomic mass is 10.2. The van der Waals surface area contributed by atoms with E-state index in [4.69, 9.17) is 0 Å². The molecule has 0 fully saturated rings. The van der Waals surface area contributed by atoms with Crippen LogP contribution in [0.25, 0.3) is 0 Å². The summed E-state index contributed by atoms with van der Waals surface area (Å²) in [5.74, 6) is -20.0. The molecule has 4 unspecified atom stereocenters. The van der Waals surface area contributed by atoms with Crippen molar-refractivity contribution in [2.45, 2.75) is 79.1 Å². The molecule has 0 saturated heterocycles. The van der Waals surface area contributed by atoms with Crippen LogP contribution in [0.3, 0.4) is 0 Å². The van der Waals surface area contributed by atoms with Crippen molar-refractivity contribution in [2.75, 3.05) is 53.6 Å². The van der Waals surface area contributed by atoms with Crippen LogP contribution in [0.5, 0.6) is 0 Å². The molecule has 0 bridgehead atoms. The lowest BCUT2D eigenvalue weighted by Gasteiger charge is -2.36. The molecule has 0 aromatic rings. The smallest absolute Gasteiger partial charge is 0.446 e. The lowest BCUT2D eigenvalue weighted by molar-refractivity contribution is -0.480. The monoisotopic (exact) mass is 946 g/mol. The van der Waals surface area contributed by atoms with Crippen molar-refractivity contribution in [3.05, 3.63) is 0 Å². The molecule has 0 aromatic heterocycles. The Morgan fingerprint density at radius 3 is 1.27 bits per heavy atom. The maximum atomic E-state index is 14.7. The van der Waals surface area contributed by atoms with Crippen molar-refractivity contribution >= 4 is 12.2 Å². The largest absolute Gasteiger partial charge is 0.462 e. The third-order valence-corrected chi connectivity index (χ3v) is 6.13. The Balaban J connectivity index is 5.72. The first-order valence-electron chi connectivity index (χ1n) is 14.0. The van der Waals surface area contributed by atoms with Gasteiger partial charge >= 0.3 is 79.1 Å². The summed E-state index contributed by atoms with van der Waals surface area (Å²) >= 11 is 0. The number of alkyl halides is 26. The molecule has 0 aliphatic heterocycles. The van der Waals surface area contributed by atoms with Crippen molar-refractivity contribution in [3.63, 3.8) is 0 Å². The summed E-state index contributed by atoms with van der Waals surface area (Å²) in [6.07, 6.45) is -68.0. The Bertz CT molecular complexity index is 1380. The van der Waals surface area contributed by atoms with E-state index in [1.807, 2.05) is 0 Å². The zero-order valence-corrected chi connectivity index (χ0v) is 27.9. The van der Waals surface area contributed by atoms with E-state index in [1.54, 1.807) is 0 Å². The standard InChI is InChI=1S/C23H20F26N2O8/c1-50(5-9(15(28,29)30)58-23(48,49)18(36,21(43,44)45)57-8-14(25,26)27)11(52)54-3-4-55-12(53)51(2)7-13(24,19(37,38)39)56-6-10(16(31,32)33)59-22(46,47)17(34,35)20(40,41)42/h9-10H,3-8H2,1-2H3. The van der Waals surface area contributed by atoms with Gasteiger partial charge in [0.15, 0.2) is 12.2 Å². The molecule has 0 radical (unpaired) electrons. The molecule has 0 N–H and O–H groups in total. The van der Waals surface area contributed by atoms with Gasteiger partial charge in [0.05, 0.1) is 19.7 Å². The summed E-state index contributed by atoms with van der Waals surface area (Å²) in [6, 6.07) is 0. The highest BCUT2D eigenvalue weighted by atomic mass is 19.4. The van der Waals surface area contributed by atoms with Gasteiger partial charge < -0.3 is 33.5 Å². The number of hydrogen-bond donors (Lipinski definition) is 0. The zero-order valence-electron chi connectivity index (χ0n) is 27.9. The number of amides is 2. The molecule has 2 amide bonds. The molecule has 36 heteroatoms. The van der Waals surface area contributed by atoms with Gasteiger partial charge in [-0.1, -0.05) is 0 Å². The van der Waals surface area contributed by atoms with Gasteiger partial charge in [0.2, 0.25) is 0 Å². The fraction of sp³-hybridized carbons (Fsp3) is 0.913. The average Bonchev–Trinajstić information content (AvgIpc) is 2.99. The summed E-state index contributed by atoms with van der Waals surface area (Å²) in [5, 5.41) is 0. The summed E-state index contributed by atoms with van der Waals surface area (Å²) in [4.78, 5) is 22.7. The van der Waals surface area contributed by atoms with Gasteiger partial charge in [0.25, 0.3) is 0 Å². The molecular weight excluding hydrogens is 926 g/mol. The van der Waals surface area contributed by atoms with E-state index in [9.17, 15) is 124 Å². The topological polar surface area (TPSA) is 96.0 Å². The molecule has 0 spiro atoms. The van der Waals surface area contributed by atoms with Crippen molar-refractivity contribution in [1.29, 1.82) is 0 Å². The normalized spacial score (nSPS) is 17.4. The van der Waals surface area contributed by atoms with E-state index in [0.29, 0.717) is 0 Å². The fourth-order valence-corrected chi connectivity index (χ4v) is 3.18. The van der Waals surface area contributed by atoms with Gasteiger partial charge in [-0.3, -0.25) is 4.74 Å². The molecule has 352 valence electrons. The average molecular weight is 946 g/mol. The first-order valence-corrected chi connectivity index (χ1v) is 14.0. The van der Waals surface area contributed by atoms with Crippen LogP contribution < -0.4 is 0 Å². The SMILES string of the molecule is CN(CC(OC(F)(F)C(F)(OCC(F)(F)F)C(F)(F)F)C(F)(F)F)C(=O)OCCOC(=O)N(C)CC(F)(OCC(OC(F)(F)C(F)(F)C(F)(F)F)C(F)(F)F)C(F)(F)F. The van der Waals surface area contributed by atoms with Gasteiger partial charge in [-0.05, 0) is 0 Å². The number of carbonyl (C=O) groups excluding carboxylic acids is 2. The Labute approximate surface area is 308 Å². The van der Waals surface area contributed by atoms with E-state index in [-0.39, 0.29) is 14.1 Å². The van der Waals surface area contributed by atoms with Crippen LogP contribution in [-0.4, -0.2) is 155 Å². The predicted octanol–water partition coefficient (Wildman–Crippen LogP) is 8.45. The number of carbonyl (C=O) groups is 2. The van der Waals surface area contributed by atoms with Crippen LogP contribution in [-0.2, 0) is 28.4 Å². The highest BCUT2D eigenvalue weighted by Crippen LogP contribution is 2.50. The van der Waals surface area contributed by atoms with Crippen LogP contribution in [0.4, 0.5) is 124 Å². The van der Waals surface area contributed by atoms with Crippen LogP contribution >= 0.6 is 0 Å². The maximum Gasteiger partial charge on any atom is 0.462 e. The Hall–Kier alpha value is -3.44. The molecule has 0 aromatic carbocycles. The minimum absolute atomic E-state index is 0.0768. The summed E-state index contributed by atoms with van der Waals surface area (Å²) in [7, 11) is 0.220. The minimum Gasteiger partial charge on any atom is -0.446 e. The van der Waals surface area contributed by atoms with E-state index >= 15 is 0 Å². The second-order valence-corrected chi connectivity index (χ2v) is 10.9. The molecule has 59 heavy (non-hydrogen) atoms. The Morgan fingerprint density at radius 1 is 0.508 bits per heavy atom. The molecule has 0 saturated carbocycles. The number of nitrogens with zero attached hydrogens (tertiary/aromatic N) is 2. The van der Waals surface area contributed by atoms with Gasteiger partial charge in [0, 0.05) is 14.1 Å². The van der Waals surface area contributed by atoms with Gasteiger partial charge in [-0.25, -0.2) is 9.59 Å². The fourth-order valence-electron chi connectivity index (χ4n) is 3.18. The van der Waals surface area contributed by atoms with Crippen molar-refractivity contribution in [2.24, 2.45) is 0 Å². The number of hydrogen-bond acceptors (Lipinski definition) is 8. The molecule has 0 rings (SSSR count). The molecule has 0 heterocycles. The molecule has 10 nitrogen and oxygen atoms in total. The molecule has 0 aliphatic carbocycles. The number of halogens is 26. The van der Waals surface area contributed by atoms with Crippen molar-refractivity contribution in [3.8, 4) is 0 Å². The van der Waals surface area contributed by atoms with Gasteiger partial charge in [0.1, 0.15) is 19.8 Å². The van der Waals surface area contributed by atoms with E-state index in [2.05, 4.69) is 28.4 Å². The summed E-state index contributed by atoms with van der Waals surface area (Å²) in [6.45, 7) is -14.8. The second kappa shape index (κ2) is 18.3. The van der Waals surface area contributed by atoms with Gasteiger partial charge in [-0.15, -0.1) is 0 Å². The predicted molar refractivity (Wildman–Crippen MR) is 128 cm³/mol. The number of likely N-dealkylation sites (N-methyl/N-ethyl adjacent to an activating group) is 2. The molecule has 0 aliphatic rings. The minimum atomic E-state index is -7.43. The lowest BCUT2D eigenvalue weighted by Crippen LogP contribution is -2.62. The first kappa shape index (κ1) is 55.6. The van der Waals surface area contributed by atoms with E-state index < -0.39 is 141 Å². The van der Waals surface area contributed by atoms with E-state index in [1.165, 1.54) is 0 Å². The van der Waals surface area contributed by atoms with Crippen LogP contribution in [0.15, 0.2) is 0 Å². The second-order valence-electron chi connectivity index (χ2n) is 10.9. The first-order chi connectivity index (χ1) is 25.7. The molecular formula is C23H20F26N2O8. The highest BCUT2D eigenvalue weighted by Gasteiger charge is 2.77. The van der Waals surface area contributed by atoms with Crippen LogP contribution in [0, 0.1) is 0 Å². The number of ether oxygens (including phenoxy) is 6. The van der Waals surface area contributed by atoms with Crippen LogP contribution in [0.2, 0.25) is 0 Å². The number of rotatable bonds is 18. The third kappa shape index (κ3) is 14.9. The van der Waals surface area contributed by atoms with Crippen molar-refractivity contribution in [1.82, 2.24) is 9.80 Å². The van der Waals surface area contributed by atoms with E-state index in [0.717, 1.165) is 0 Å². The van der Waals surface area contributed by atoms with Crippen molar-refractivity contribution < 1.29 is 152 Å². The van der Waals surface area contributed by atoms with Gasteiger partial charge in [-0.2, -0.15) is 114 Å². The highest BCUT2D eigenvalue weighted by molar-refractivity contribution is 5.68.